The van der Waals surface area contributed by atoms with E-state index in [9.17, 15) is 53.1 Å². The van der Waals surface area contributed by atoms with Gasteiger partial charge in [0.15, 0.2) is 0 Å². The molecule has 1 saturated heterocycles. The molecule has 1 heterocycles. The Bertz CT molecular complexity index is 1780. The Kier molecular flexibility index (Phi) is 15.8. The fourth-order valence-electron chi connectivity index (χ4n) is 4.98. The van der Waals surface area contributed by atoms with Crippen molar-refractivity contribution in [3.63, 3.8) is 0 Å². The maximum absolute atomic E-state index is 12.8. The van der Waals surface area contributed by atoms with Gasteiger partial charge in [-0.1, -0.05) is 23.8 Å². The van der Waals surface area contributed by atoms with Gasteiger partial charge in [-0.05, 0) is 62.9 Å². The van der Waals surface area contributed by atoms with Crippen LogP contribution in [0.15, 0.2) is 48.5 Å². The highest BCUT2D eigenvalue weighted by Gasteiger charge is 2.33. The van der Waals surface area contributed by atoms with Crippen LogP contribution in [0.4, 0.5) is 0 Å². The van der Waals surface area contributed by atoms with Crippen molar-refractivity contribution in [2.75, 3.05) is 19.6 Å². The van der Waals surface area contributed by atoms with Crippen molar-refractivity contribution in [2.45, 2.75) is 64.0 Å². The number of carboxylic acid groups (broad SMARTS) is 2. The van der Waals surface area contributed by atoms with Crippen LogP contribution in [0.3, 0.4) is 0 Å². The van der Waals surface area contributed by atoms with Gasteiger partial charge >= 0.3 is 17.9 Å². The third-order valence-corrected chi connectivity index (χ3v) is 7.79. The van der Waals surface area contributed by atoms with Crippen molar-refractivity contribution in [3.05, 3.63) is 70.8 Å². The lowest BCUT2D eigenvalue weighted by Gasteiger charge is -2.19. The molecule has 2 aromatic carbocycles. The number of benzene rings is 2. The number of hydrogen-bond acceptors (Lipinski definition) is 11. The van der Waals surface area contributed by atoms with Crippen molar-refractivity contribution in [3.8, 4) is 0 Å². The molecule has 0 saturated carbocycles. The van der Waals surface area contributed by atoms with E-state index in [1.165, 1.54) is 18.2 Å². The van der Waals surface area contributed by atoms with E-state index in [-0.39, 0.29) is 42.8 Å². The third-order valence-electron chi connectivity index (χ3n) is 7.79. The second kappa shape index (κ2) is 20.4. The summed E-state index contributed by atoms with van der Waals surface area (Å²) < 4.78 is 0. The van der Waals surface area contributed by atoms with Crippen LogP contribution in [-0.2, 0) is 38.4 Å². The predicted octanol–water partition coefficient (Wildman–Crippen LogP) is -0.419. The van der Waals surface area contributed by atoms with E-state index in [1.807, 2.05) is 13.0 Å². The number of carbonyl (C=O) groups is 10. The minimum Gasteiger partial charge on any atom is -0.481 e. The zero-order chi connectivity index (χ0) is 39.8. The fourth-order valence-corrected chi connectivity index (χ4v) is 4.98. The molecule has 2 unspecified atom stereocenters. The molecule has 0 aromatic heterocycles. The van der Waals surface area contributed by atoms with Gasteiger partial charge in [-0.3, -0.25) is 38.4 Å². The van der Waals surface area contributed by atoms with Gasteiger partial charge < -0.3 is 41.6 Å². The quantitative estimate of drug-likeness (QED) is 0.0669. The fraction of sp³-hybridized carbons (Fsp3) is 0.371. The van der Waals surface area contributed by atoms with Crippen LogP contribution in [-0.4, -0.2) is 106 Å². The molecular formula is C35H40N6O13. The number of nitrogens with zero attached hydrogens (tertiary/aromatic N) is 1. The zero-order valence-electron chi connectivity index (χ0n) is 29.2. The summed E-state index contributed by atoms with van der Waals surface area (Å²) in [6, 6.07) is 9.21. The molecule has 0 spiro atoms. The molecule has 7 N–H and O–H groups in total. The summed E-state index contributed by atoms with van der Waals surface area (Å²) in [5.74, 6) is -8.94. The SMILES string of the molecule is Cc1cccc(C(=O)NCCCCC(NC(=O)CNC(=O)C(CCC(=O)O)NC(=O)CNC(=O)c2cccc(C(=O)ON3C(=O)CCC3=O)c2)C(=O)O)c1. The van der Waals surface area contributed by atoms with Crippen molar-refractivity contribution < 1.29 is 63.0 Å². The first-order valence-electron chi connectivity index (χ1n) is 16.8. The van der Waals surface area contributed by atoms with Crippen LogP contribution in [0, 0.1) is 6.92 Å². The summed E-state index contributed by atoms with van der Waals surface area (Å²) in [4.78, 5) is 126. The Morgan fingerprint density at radius 2 is 1.30 bits per heavy atom. The van der Waals surface area contributed by atoms with E-state index < -0.39 is 91.4 Å². The predicted molar refractivity (Wildman–Crippen MR) is 184 cm³/mol. The molecule has 0 aliphatic carbocycles. The van der Waals surface area contributed by atoms with Crippen LogP contribution >= 0.6 is 0 Å². The minimum atomic E-state index is -1.46. The maximum Gasteiger partial charge on any atom is 0.363 e. The number of aliphatic carboxylic acids is 2. The Balaban J connectivity index is 1.45. The van der Waals surface area contributed by atoms with Gasteiger partial charge in [0.05, 0.1) is 18.7 Å². The topological polar surface area (TPSA) is 284 Å². The van der Waals surface area contributed by atoms with Crippen LogP contribution in [0.2, 0.25) is 0 Å². The summed E-state index contributed by atoms with van der Waals surface area (Å²) in [5.41, 5.74) is 1.13. The first-order valence-corrected chi connectivity index (χ1v) is 16.8. The largest absolute Gasteiger partial charge is 0.481 e. The average Bonchev–Trinajstić information content (AvgIpc) is 3.45. The second-order valence-corrected chi connectivity index (χ2v) is 12.1. The first kappa shape index (κ1) is 41.8. The number of aryl methyl sites for hydroxylation is 1. The molecule has 19 heteroatoms. The third kappa shape index (κ3) is 13.5. The Morgan fingerprint density at radius 3 is 1.93 bits per heavy atom. The van der Waals surface area contributed by atoms with E-state index >= 15 is 0 Å². The lowest BCUT2D eigenvalue weighted by molar-refractivity contribution is -0.172. The molecule has 2 atom stereocenters. The number of nitrogens with one attached hydrogen (secondary N) is 5. The van der Waals surface area contributed by atoms with Gasteiger partial charge in [0, 0.05) is 36.9 Å². The van der Waals surface area contributed by atoms with Gasteiger partial charge in [0.2, 0.25) is 17.7 Å². The van der Waals surface area contributed by atoms with Crippen LogP contribution in [0.25, 0.3) is 0 Å². The average molecular weight is 753 g/mol. The monoisotopic (exact) mass is 752 g/mol. The maximum atomic E-state index is 12.8. The van der Waals surface area contributed by atoms with Crippen molar-refractivity contribution in [1.82, 2.24) is 31.6 Å². The summed E-state index contributed by atoms with van der Waals surface area (Å²) in [6.07, 6.45) is -0.399. The lowest BCUT2D eigenvalue weighted by atomic mass is 10.1. The number of hydrogen-bond donors (Lipinski definition) is 7. The van der Waals surface area contributed by atoms with Gasteiger partial charge in [0.25, 0.3) is 23.6 Å². The van der Waals surface area contributed by atoms with E-state index in [4.69, 9.17) is 9.94 Å². The molecule has 19 nitrogen and oxygen atoms in total. The summed E-state index contributed by atoms with van der Waals surface area (Å²) in [7, 11) is 0. The highest BCUT2D eigenvalue weighted by molar-refractivity contribution is 6.04. The van der Waals surface area contributed by atoms with Crippen LogP contribution in [0.1, 0.15) is 81.6 Å². The molecular weight excluding hydrogens is 712 g/mol. The molecule has 288 valence electrons. The molecule has 54 heavy (non-hydrogen) atoms. The van der Waals surface area contributed by atoms with Crippen molar-refractivity contribution >= 4 is 59.3 Å². The number of carbonyl (C=O) groups excluding carboxylic acids is 8. The molecule has 1 aliphatic rings. The van der Waals surface area contributed by atoms with Crippen LogP contribution < -0.4 is 26.6 Å². The normalized spacial score (nSPS) is 13.2. The molecule has 2 aromatic rings. The first-order chi connectivity index (χ1) is 25.6. The van der Waals surface area contributed by atoms with Crippen molar-refractivity contribution in [2.24, 2.45) is 0 Å². The number of rotatable bonds is 20. The Morgan fingerprint density at radius 1 is 0.722 bits per heavy atom. The number of unbranched alkanes of at least 4 members (excludes halogenated alkanes) is 1. The second-order valence-electron chi connectivity index (χ2n) is 12.1. The van der Waals surface area contributed by atoms with Gasteiger partial charge in [-0.25, -0.2) is 9.59 Å². The number of hydroxylamine groups is 2. The standard InChI is InChI=1S/C35H40N6O13/c1-20-6-4-7-21(16-20)31(48)36-15-3-2-10-25(34(51)52)40-27(43)19-38-33(50)24(11-14-30(46)47)39-26(42)18-37-32(49)22-8-5-9-23(17-22)35(53)54-41-28(44)12-13-29(41)45/h4-9,16-17,24-25H,2-3,10-15,18-19H2,1H3,(H,36,48)(H,37,49)(H,38,50)(H,39,42)(H,40,43)(H,46,47)(H,51,52). The van der Waals surface area contributed by atoms with E-state index in [1.54, 1.807) is 18.2 Å². The van der Waals surface area contributed by atoms with Crippen LogP contribution in [0.5, 0.6) is 0 Å². The van der Waals surface area contributed by atoms with E-state index in [2.05, 4.69) is 26.6 Å². The Labute approximate surface area is 308 Å². The highest BCUT2D eigenvalue weighted by Crippen LogP contribution is 2.15. The Hall–Kier alpha value is -6.66. The molecule has 0 radical (unpaired) electrons. The number of amides is 7. The lowest BCUT2D eigenvalue weighted by Crippen LogP contribution is -2.52. The highest BCUT2D eigenvalue weighted by atomic mass is 16.7. The number of carboxylic acids is 2. The summed E-state index contributed by atoms with van der Waals surface area (Å²) in [6.45, 7) is 0.723. The molecule has 3 rings (SSSR count). The minimum absolute atomic E-state index is 0.0212. The zero-order valence-corrected chi connectivity index (χ0v) is 29.2. The van der Waals surface area contributed by atoms with Gasteiger partial charge in [0.1, 0.15) is 12.1 Å². The molecule has 1 fully saturated rings. The summed E-state index contributed by atoms with van der Waals surface area (Å²) >= 11 is 0. The molecule has 1 aliphatic heterocycles. The molecule has 7 amide bonds. The van der Waals surface area contributed by atoms with Gasteiger partial charge in [-0.2, -0.15) is 0 Å². The van der Waals surface area contributed by atoms with E-state index in [0.29, 0.717) is 23.5 Å². The van der Waals surface area contributed by atoms with Gasteiger partial charge in [-0.15, -0.1) is 5.06 Å². The van der Waals surface area contributed by atoms with E-state index in [0.717, 1.165) is 11.6 Å². The summed E-state index contributed by atoms with van der Waals surface area (Å²) in [5, 5.41) is 30.8. The number of imide groups is 1. The smallest absolute Gasteiger partial charge is 0.363 e. The molecule has 0 bridgehead atoms. The van der Waals surface area contributed by atoms with Crippen molar-refractivity contribution in [1.29, 1.82) is 0 Å².